The van der Waals surface area contributed by atoms with E-state index in [0.29, 0.717) is 36.2 Å². The van der Waals surface area contributed by atoms with Gasteiger partial charge in [0.15, 0.2) is 21.3 Å². The molecule has 1 aliphatic rings. The summed E-state index contributed by atoms with van der Waals surface area (Å²) in [4.78, 5) is 0. The average Bonchev–Trinajstić information content (AvgIpc) is 2.69. The molecule has 116 valence electrons. The van der Waals surface area contributed by atoms with Gasteiger partial charge in [0.2, 0.25) is 0 Å². The summed E-state index contributed by atoms with van der Waals surface area (Å²) >= 11 is 6.19. The molecule has 0 N–H and O–H groups in total. The molecule has 1 aliphatic heterocycles. The second kappa shape index (κ2) is 7.18. The fourth-order valence-electron chi connectivity index (χ4n) is 2.03. The van der Waals surface area contributed by atoms with Crippen molar-refractivity contribution in [2.45, 2.75) is 19.8 Å². The fourth-order valence-corrected chi connectivity index (χ4v) is 3.51. The fraction of sp³-hybridized carbons (Fsp3) is 0.467. The molecule has 0 fully saturated rings. The Bertz CT molecular complexity index is 623. The second-order valence-corrected chi connectivity index (χ2v) is 7.52. The summed E-state index contributed by atoms with van der Waals surface area (Å²) < 4.78 is 34.8. The van der Waals surface area contributed by atoms with Gasteiger partial charge in [-0.05, 0) is 31.0 Å². The van der Waals surface area contributed by atoms with Gasteiger partial charge in [-0.2, -0.15) is 0 Å². The van der Waals surface area contributed by atoms with Crippen molar-refractivity contribution in [1.29, 1.82) is 0 Å². The molecule has 0 amide bonds. The van der Waals surface area contributed by atoms with E-state index in [1.54, 1.807) is 25.1 Å². The maximum absolute atomic E-state index is 11.9. The summed E-state index contributed by atoms with van der Waals surface area (Å²) in [5.74, 6) is 1.31. The van der Waals surface area contributed by atoms with Crippen LogP contribution < -0.4 is 9.47 Å². The minimum absolute atomic E-state index is 0.0712. The van der Waals surface area contributed by atoms with Crippen LogP contribution in [0.1, 0.15) is 18.9 Å². The van der Waals surface area contributed by atoms with Crippen molar-refractivity contribution in [3.05, 3.63) is 34.9 Å². The molecule has 21 heavy (non-hydrogen) atoms. The van der Waals surface area contributed by atoms with Crippen LogP contribution in [0.2, 0.25) is 5.02 Å². The Kier molecular flexibility index (Phi) is 5.53. The highest BCUT2D eigenvalue weighted by molar-refractivity contribution is 7.91. The molecular formula is C15H19ClO4S. The number of rotatable bonds is 5. The lowest BCUT2D eigenvalue weighted by Gasteiger charge is -2.11. The molecule has 0 saturated carbocycles. The Morgan fingerprint density at radius 1 is 1.29 bits per heavy atom. The van der Waals surface area contributed by atoms with E-state index in [-0.39, 0.29) is 11.5 Å². The van der Waals surface area contributed by atoms with E-state index in [4.69, 9.17) is 21.1 Å². The summed E-state index contributed by atoms with van der Waals surface area (Å²) in [6.45, 7) is 2.95. The first-order valence-corrected chi connectivity index (χ1v) is 9.11. The zero-order valence-corrected chi connectivity index (χ0v) is 13.5. The lowest BCUT2D eigenvalue weighted by atomic mass is 10.1. The summed E-state index contributed by atoms with van der Waals surface area (Å²) in [6.07, 6.45) is 4.60. The second-order valence-electron chi connectivity index (χ2n) is 4.89. The van der Waals surface area contributed by atoms with Crippen LogP contribution in [-0.2, 0) is 16.3 Å². The molecule has 1 heterocycles. The van der Waals surface area contributed by atoms with E-state index >= 15 is 0 Å². The number of allylic oxidation sites excluding steroid dienone is 1. The molecule has 0 saturated heterocycles. The number of fused-ring (bicyclic) bond motifs is 1. The van der Waals surface area contributed by atoms with Gasteiger partial charge in [0.05, 0.1) is 29.7 Å². The number of halogens is 1. The quantitative estimate of drug-likeness (QED) is 0.779. The van der Waals surface area contributed by atoms with E-state index < -0.39 is 9.84 Å². The van der Waals surface area contributed by atoms with Gasteiger partial charge in [-0.15, -0.1) is 0 Å². The Morgan fingerprint density at radius 3 is 2.81 bits per heavy atom. The van der Waals surface area contributed by atoms with E-state index in [2.05, 4.69) is 0 Å². The molecule has 0 radical (unpaired) electrons. The van der Waals surface area contributed by atoms with Gasteiger partial charge in [-0.3, -0.25) is 0 Å². The molecule has 6 heteroatoms. The van der Waals surface area contributed by atoms with Gasteiger partial charge in [0.25, 0.3) is 0 Å². The lowest BCUT2D eigenvalue weighted by molar-refractivity contribution is 0.297. The van der Waals surface area contributed by atoms with E-state index in [1.807, 2.05) is 6.07 Å². The van der Waals surface area contributed by atoms with Crippen LogP contribution in [0.5, 0.6) is 11.5 Å². The Hall–Kier alpha value is -1.20. The summed E-state index contributed by atoms with van der Waals surface area (Å²) in [7, 11) is -3.09. The van der Waals surface area contributed by atoms with Crippen molar-refractivity contribution < 1.29 is 17.9 Å². The van der Waals surface area contributed by atoms with E-state index in [0.717, 1.165) is 12.0 Å². The Balaban J connectivity index is 2.11. The van der Waals surface area contributed by atoms with Gasteiger partial charge in [-0.1, -0.05) is 23.8 Å². The minimum Gasteiger partial charge on any atom is -0.489 e. The third-order valence-electron chi connectivity index (χ3n) is 3.15. The normalized spacial score (nSPS) is 15.1. The molecule has 1 aromatic rings. The van der Waals surface area contributed by atoms with Crippen molar-refractivity contribution in [2.75, 3.05) is 24.7 Å². The Morgan fingerprint density at radius 2 is 2.05 bits per heavy atom. The SMILES string of the molecule is C/C=C/CS(=O)(=O)CCc1cc(Cl)c2c(c1)OCCCO2. The first-order chi connectivity index (χ1) is 10.0. The maximum Gasteiger partial charge on any atom is 0.179 e. The molecule has 0 aliphatic carbocycles. The summed E-state index contributed by atoms with van der Waals surface area (Å²) in [5, 5.41) is 0.468. The number of ether oxygens (including phenoxy) is 2. The van der Waals surface area contributed by atoms with E-state index in [1.165, 1.54) is 0 Å². The molecule has 0 aromatic heterocycles. The van der Waals surface area contributed by atoms with Crippen molar-refractivity contribution in [2.24, 2.45) is 0 Å². The molecule has 0 unspecified atom stereocenters. The monoisotopic (exact) mass is 330 g/mol. The standard InChI is InChI=1S/C15H19ClO4S/c1-2-3-8-21(17,18)9-5-12-10-13(16)15-14(11-12)19-6-4-7-20-15/h2-3,10-11H,4-9H2,1H3/b3-2+. The van der Waals surface area contributed by atoms with Crippen LogP contribution in [0.3, 0.4) is 0 Å². The van der Waals surface area contributed by atoms with Crippen molar-refractivity contribution in [3.8, 4) is 11.5 Å². The highest BCUT2D eigenvalue weighted by Crippen LogP contribution is 2.38. The summed E-state index contributed by atoms with van der Waals surface area (Å²) in [5.41, 5.74) is 0.841. The third kappa shape index (κ3) is 4.64. The average molecular weight is 331 g/mol. The largest absolute Gasteiger partial charge is 0.489 e. The number of aryl methyl sites for hydroxylation is 1. The predicted molar refractivity (Wildman–Crippen MR) is 84.2 cm³/mol. The smallest absolute Gasteiger partial charge is 0.179 e. The molecule has 0 atom stereocenters. The van der Waals surface area contributed by atoms with Crippen LogP contribution >= 0.6 is 11.6 Å². The lowest BCUT2D eigenvalue weighted by Crippen LogP contribution is -2.11. The van der Waals surface area contributed by atoms with Gasteiger partial charge >= 0.3 is 0 Å². The first kappa shape index (κ1) is 16.2. The van der Waals surface area contributed by atoms with Gasteiger partial charge in [0, 0.05) is 6.42 Å². The maximum atomic E-state index is 11.9. The molecule has 0 spiro atoms. The highest BCUT2D eigenvalue weighted by atomic mass is 35.5. The van der Waals surface area contributed by atoms with Crippen molar-refractivity contribution in [1.82, 2.24) is 0 Å². The zero-order valence-electron chi connectivity index (χ0n) is 12.0. The van der Waals surface area contributed by atoms with Crippen molar-refractivity contribution >= 4 is 21.4 Å². The molecule has 0 bridgehead atoms. The zero-order chi connectivity index (χ0) is 15.3. The van der Waals surface area contributed by atoms with Crippen LogP contribution in [0.25, 0.3) is 0 Å². The van der Waals surface area contributed by atoms with Crippen LogP contribution in [0.15, 0.2) is 24.3 Å². The number of sulfone groups is 1. The third-order valence-corrected chi connectivity index (χ3v) is 4.96. The molecule has 1 aromatic carbocycles. The van der Waals surface area contributed by atoms with Crippen LogP contribution in [-0.4, -0.2) is 33.1 Å². The predicted octanol–water partition coefficient (Wildman–Crippen LogP) is 3.03. The van der Waals surface area contributed by atoms with Crippen molar-refractivity contribution in [3.63, 3.8) is 0 Å². The van der Waals surface area contributed by atoms with Gasteiger partial charge < -0.3 is 9.47 Å². The molecule has 2 rings (SSSR count). The van der Waals surface area contributed by atoms with Crippen LogP contribution in [0.4, 0.5) is 0 Å². The Labute approximate surface area is 130 Å². The van der Waals surface area contributed by atoms with Gasteiger partial charge in [0.1, 0.15) is 0 Å². The topological polar surface area (TPSA) is 52.6 Å². The first-order valence-electron chi connectivity index (χ1n) is 6.91. The number of hydrogen-bond acceptors (Lipinski definition) is 4. The molecule has 4 nitrogen and oxygen atoms in total. The highest BCUT2D eigenvalue weighted by Gasteiger charge is 2.17. The van der Waals surface area contributed by atoms with Crippen LogP contribution in [0, 0.1) is 0 Å². The van der Waals surface area contributed by atoms with E-state index in [9.17, 15) is 8.42 Å². The summed E-state index contributed by atoms with van der Waals surface area (Å²) in [6, 6.07) is 3.57. The minimum atomic E-state index is -3.09. The molecular weight excluding hydrogens is 312 g/mol. The van der Waals surface area contributed by atoms with Gasteiger partial charge in [-0.25, -0.2) is 8.42 Å². The number of benzene rings is 1. The number of hydrogen-bond donors (Lipinski definition) is 0.